The standard InChI is InChI=1S/C16H22N2O4.ClH/c1-3-5-6-11-17-12-15(4-2)22-16(19)13-7-9-14(10-8-13)18(20)21;/h4,7-10,15,17H,2-3,5-6,11-12H2,1H3;1H/p-1. The highest BCUT2D eigenvalue weighted by Crippen LogP contribution is 2.13. The first kappa shape index (κ1) is 21.1. The van der Waals surface area contributed by atoms with Crippen molar-refractivity contribution in [3.63, 3.8) is 0 Å². The molecule has 0 amide bonds. The predicted octanol–water partition coefficient (Wildman–Crippen LogP) is 0.0900. The van der Waals surface area contributed by atoms with E-state index in [-0.39, 0.29) is 23.7 Å². The summed E-state index contributed by atoms with van der Waals surface area (Å²) in [5.74, 6) is -0.518. The fraction of sp³-hybridized carbons (Fsp3) is 0.438. The lowest BCUT2D eigenvalue weighted by Gasteiger charge is -2.15. The van der Waals surface area contributed by atoms with Crippen LogP contribution in [0.25, 0.3) is 0 Å². The molecule has 1 atom stereocenters. The van der Waals surface area contributed by atoms with E-state index in [2.05, 4.69) is 18.8 Å². The molecule has 0 radical (unpaired) electrons. The summed E-state index contributed by atoms with van der Waals surface area (Å²) in [6, 6.07) is 5.33. The Kier molecular flexibility index (Phi) is 10.7. The second kappa shape index (κ2) is 11.6. The molecule has 0 aliphatic heterocycles. The van der Waals surface area contributed by atoms with Gasteiger partial charge in [-0.15, -0.1) is 0 Å². The lowest BCUT2D eigenvalue weighted by molar-refractivity contribution is -0.384. The summed E-state index contributed by atoms with van der Waals surface area (Å²) < 4.78 is 5.30. The predicted molar refractivity (Wildman–Crippen MR) is 84.9 cm³/mol. The highest BCUT2D eigenvalue weighted by molar-refractivity contribution is 5.89. The van der Waals surface area contributed by atoms with Gasteiger partial charge in [0.2, 0.25) is 0 Å². The van der Waals surface area contributed by atoms with E-state index in [4.69, 9.17) is 4.74 Å². The van der Waals surface area contributed by atoms with Gasteiger partial charge >= 0.3 is 5.97 Å². The van der Waals surface area contributed by atoms with Crippen LogP contribution in [0.2, 0.25) is 0 Å². The summed E-state index contributed by atoms with van der Waals surface area (Å²) in [5, 5.41) is 13.8. The van der Waals surface area contributed by atoms with Crippen molar-refractivity contribution in [2.45, 2.75) is 32.3 Å². The number of carbonyl (C=O) groups is 1. The van der Waals surface area contributed by atoms with Crippen molar-refractivity contribution in [3.8, 4) is 0 Å². The number of unbranched alkanes of at least 4 members (excludes halogenated alkanes) is 2. The number of nitrogens with zero attached hydrogens (tertiary/aromatic N) is 1. The minimum absolute atomic E-state index is 0. The zero-order valence-corrected chi connectivity index (χ0v) is 13.9. The quantitative estimate of drug-likeness (QED) is 0.214. The van der Waals surface area contributed by atoms with Gasteiger partial charge in [0.1, 0.15) is 6.10 Å². The summed E-state index contributed by atoms with van der Waals surface area (Å²) >= 11 is 0. The number of benzene rings is 1. The molecule has 1 aromatic carbocycles. The average molecular weight is 342 g/mol. The van der Waals surface area contributed by atoms with Crippen LogP contribution in [-0.4, -0.2) is 30.1 Å². The molecule has 1 unspecified atom stereocenters. The van der Waals surface area contributed by atoms with Gasteiger partial charge in [-0.2, -0.15) is 0 Å². The molecule has 0 saturated carbocycles. The second-order valence-corrected chi connectivity index (χ2v) is 4.89. The fourth-order valence-electron chi connectivity index (χ4n) is 1.84. The van der Waals surface area contributed by atoms with E-state index < -0.39 is 17.0 Å². The van der Waals surface area contributed by atoms with Gasteiger partial charge in [0.05, 0.1) is 10.5 Å². The first-order valence-electron chi connectivity index (χ1n) is 7.37. The maximum absolute atomic E-state index is 12.0. The highest BCUT2D eigenvalue weighted by Gasteiger charge is 2.14. The molecular weight excluding hydrogens is 320 g/mol. The highest BCUT2D eigenvalue weighted by atomic mass is 35.5. The minimum atomic E-state index is -0.518. The van der Waals surface area contributed by atoms with E-state index in [1.54, 1.807) is 6.08 Å². The topological polar surface area (TPSA) is 81.5 Å². The van der Waals surface area contributed by atoms with E-state index in [0.717, 1.165) is 25.8 Å². The Morgan fingerprint density at radius 3 is 2.57 bits per heavy atom. The van der Waals surface area contributed by atoms with Gasteiger partial charge in [-0.05, 0) is 25.1 Å². The van der Waals surface area contributed by atoms with Gasteiger partial charge in [0, 0.05) is 18.7 Å². The van der Waals surface area contributed by atoms with Gasteiger partial charge in [0.25, 0.3) is 5.69 Å². The lowest BCUT2D eigenvalue weighted by atomic mass is 10.2. The Morgan fingerprint density at radius 1 is 1.39 bits per heavy atom. The van der Waals surface area contributed by atoms with Crippen molar-refractivity contribution in [3.05, 3.63) is 52.6 Å². The van der Waals surface area contributed by atoms with Crippen molar-refractivity contribution in [2.75, 3.05) is 13.1 Å². The number of hydrogen-bond acceptors (Lipinski definition) is 5. The van der Waals surface area contributed by atoms with Gasteiger partial charge in [-0.3, -0.25) is 10.1 Å². The van der Waals surface area contributed by atoms with Crippen LogP contribution in [0.3, 0.4) is 0 Å². The third-order valence-corrected chi connectivity index (χ3v) is 3.14. The van der Waals surface area contributed by atoms with E-state index >= 15 is 0 Å². The van der Waals surface area contributed by atoms with E-state index in [1.807, 2.05) is 0 Å². The number of non-ortho nitro benzene ring substituents is 1. The molecule has 0 aliphatic rings. The maximum Gasteiger partial charge on any atom is 0.338 e. The van der Waals surface area contributed by atoms with Crippen molar-refractivity contribution in [2.24, 2.45) is 0 Å². The molecule has 1 N–H and O–H groups in total. The Labute approximate surface area is 142 Å². The largest absolute Gasteiger partial charge is 1.00 e. The zero-order valence-electron chi connectivity index (χ0n) is 13.2. The molecule has 0 bridgehead atoms. The van der Waals surface area contributed by atoms with Crippen molar-refractivity contribution >= 4 is 11.7 Å². The Bertz CT molecular complexity index is 505. The number of carbonyl (C=O) groups excluding carboxylic acids is 1. The first-order valence-corrected chi connectivity index (χ1v) is 7.37. The monoisotopic (exact) mass is 341 g/mol. The number of hydrogen-bond donors (Lipinski definition) is 1. The van der Waals surface area contributed by atoms with Crippen LogP contribution in [0.5, 0.6) is 0 Å². The van der Waals surface area contributed by atoms with Crippen molar-refractivity contribution in [1.82, 2.24) is 5.32 Å². The number of nitro groups is 1. The van der Waals surface area contributed by atoms with E-state index in [1.165, 1.54) is 24.3 Å². The fourth-order valence-corrected chi connectivity index (χ4v) is 1.84. The molecular formula is C16H22ClN2O4-. The Morgan fingerprint density at radius 2 is 2.04 bits per heavy atom. The molecule has 0 aliphatic carbocycles. The molecule has 0 fully saturated rings. The number of ether oxygens (including phenoxy) is 1. The smallest absolute Gasteiger partial charge is 0.338 e. The third kappa shape index (κ3) is 7.76. The molecule has 6 nitrogen and oxygen atoms in total. The average Bonchev–Trinajstić information content (AvgIpc) is 2.53. The van der Waals surface area contributed by atoms with E-state index in [9.17, 15) is 14.9 Å². The van der Waals surface area contributed by atoms with Crippen LogP contribution < -0.4 is 17.7 Å². The van der Waals surface area contributed by atoms with E-state index in [0.29, 0.717) is 6.54 Å². The summed E-state index contributed by atoms with van der Waals surface area (Å²) in [7, 11) is 0. The molecule has 0 saturated heterocycles. The summed E-state index contributed by atoms with van der Waals surface area (Å²) in [5.41, 5.74) is 0.220. The van der Waals surface area contributed by atoms with Crippen LogP contribution in [0, 0.1) is 10.1 Å². The molecule has 1 aromatic rings. The SMILES string of the molecule is C=CC(CNCCCCC)OC(=O)c1ccc([N+](=O)[O-])cc1.[Cl-]. The molecule has 0 heterocycles. The van der Waals surface area contributed by atoms with Crippen LogP contribution in [0.4, 0.5) is 5.69 Å². The Balaban J connectivity index is 0.00000484. The Hall–Kier alpha value is -1.92. The normalized spacial score (nSPS) is 11.2. The van der Waals surface area contributed by atoms with Crippen LogP contribution in [-0.2, 0) is 4.74 Å². The third-order valence-electron chi connectivity index (χ3n) is 3.14. The molecule has 7 heteroatoms. The number of nitrogens with one attached hydrogen (secondary N) is 1. The minimum Gasteiger partial charge on any atom is -1.00 e. The number of nitro benzene ring substituents is 1. The molecule has 128 valence electrons. The maximum atomic E-state index is 12.0. The first-order chi connectivity index (χ1) is 10.6. The van der Waals surface area contributed by atoms with Gasteiger partial charge in [-0.1, -0.05) is 32.4 Å². The summed E-state index contributed by atoms with van der Waals surface area (Å²) in [6.07, 6.45) is 4.53. The summed E-state index contributed by atoms with van der Waals surface area (Å²) in [4.78, 5) is 22.0. The van der Waals surface area contributed by atoms with Crippen molar-refractivity contribution in [1.29, 1.82) is 0 Å². The molecule has 0 aromatic heterocycles. The zero-order chi connectivity index (χ0) is 16.4. The van der Waals surface area contributed by atoms with Crippen LogP contribution in [0.1, 0.15) is 36.5 Å². The van der Waals surface area contributed by atoms with Gasteiger partial charge in [-0.25, -0.2) is 4.79 Å². The van der Waals surface area contributed by atoms with Gasteiger partial charge < -0.3 is 22.5 Å². The lowest BCUT2D eigenvalue weighted by Crippen LogP contribution is -3.00. The van der Waals surface area contributed by atoms with Crippen LogP contribution in [0.15, 0.2) is 36.9 Å². The number of rotatable bonds is 10. The molecule has 0 spiro atoms. The summed E-state index contributed by atoms with van der Waals surface area (Å²) in [6.45, 7) is 7.17. The number of esters is 1. The van der Waals surface area contributed by atoms with Crippen LogP contribution >= 0.6 is 0 Å². The number of halogens is 1. The second-order valence-electron chi connectivity index (χ2n) is 4.89. The molecule has 1 rings (SSSR count). The molecule has 23 heavy (non-hydrogen) atoms. The van der Waals surface area contributed by atoms with Crippen molar-refractivity contribution < 1.29 is 26.9 Å². The van der Waals surface area contributed by atoms with Gasteiger partial charge in [0.15, 0.2) is 0 Å².